The third-order valence-corrected chi connectivity index (χ3v) is 4.89. The number of hydrogen-bond donors (Lipinski definition) is 1. The molecule has 1 amide bonds. The Morgan fingerprint density at radius 3 is 3.00 bits per heavy atom. The van der Waals surface area contributed by atoms with Gasteiger partial charge in [0.1, 0.15) is 5.82 Å². The van der Waals surface area contributed by atoms with Crippen molar-refractivity contribution in [2.24, 2.45) is 0 Å². The van der Waals surface area contributed by atoms with E-state index in [0.29, 0.717) is 22.9 Å². The van der Waals surface area contributed by atoms with Crippen molar-refractivity contribution in [3.8, 4) is 11.7 Å². The van der Waals surface area contributed by atoms with Crippen molar-refractivity contribution < 1.29 is 13.6 Å². The summed E-state index contributed by atoms with van der Waals surface area (Å²) in [5.74, 6) is 1.58. The van der Waals surface area contributed by atoms with E-state index < -0.39 is 0 Å². The van der Waals surface area contributed by atoms with E-state index in [4.69, 9.17) is 8.83 Å². The Hall–Kier alpha value is -2.55. The third kappa shape index (κ3) is 3.60. The van der Waals surface area contributed by atoms with Crippen molar-refractivity contribution in [2.75, 3.05) is 11.1 Å². The van der Waals surface area contributed by atoms with E-state index in [-0.39, 0.29) is 11.7 Å². The number of nitrogens with one attached hydrogen (secondary N) is 1. The van der Waals surface area contributed by atoms with Crippen molar-refractivity contribution in [3.63, 3.8) is 0 Å². The summed E-state index contributed by atoms with van der Waals surface area (Å²) in [5, 5.41) is 15.4. The number of rotatable bonds is 6. The fourth-order valence-electron chi connectivity index (χ4n) is 2.93. The fourth-order valence-corrected chi connectivity index (χ4v) is 3.49. The molecule has 0 bridgehead atoms. The first kappa shape index (κ1) is 15.9. The van der Waals surface area contributed by atoms with E-state index in [2.05, 4.69) is 20.6 Å². The monoisotopic (exact) mass is 359 g/mol. The second-order valence-electron chi connectivity index (χ2n) is 5.79. The number of nitrogens with zero attached hydrogens (tertiary/aromatic N) is 4. The van der Waals surface area contributed by atoms with Gasteiger partial charge in [-0.3, -0.25) is 4.79 Å². The van der Waals surface area contributed by atoms with Gasteiger partial charge in [0.15, 0.2) is 5.76 Å². The maximum absolute atomic E-state index is 12.2. The number of thioether (sulfide) groups is 1. The van der Waals surface area contributed by atoms with Crippen LogP contribution in [0.1, 0.15) is 31.7 Å². The molecule has 1 N–H and O–H groups in total. The quantitative estimate of drug-likeness (QED) is 0.674. The molecule has 1 aliphatic rings. The molecule has 130 valence electrons. The molecular formula is C16H17N5O3S. The second-order valence-corrected chi connectivity index (χ2v) is 6.71. The van der Waals surface area contributed by atoms with Crippen LogP contribution < -0.4 is 5.32 Å². The summed E-state index contributed by atoms with van der Waals surface area (Å²) in [6, 6.07) is 5.68. The SMILES string of the molecule is O=C(CSc1nnc(-c2ccco2)o1)Nc1ccnn1C1CCCC1. The van der Waals surface area contributed by atoms with Crippen LogP contribution in [0.5, 0.6) is 0 Å². The molecular weight excluding hydrogens is 342 g/mol. The summed E-state index contributed by atoms with van der Waals surface area (Å²) in [4.78, 5) is 12.2. The average Bonchev–Trinajstić information content (AvgIpc) is 3.40. The predicted octanol–water partition coefficient (Wildman–Crippen LogP) is 3.37. The highest BCUT2D eigenvalue weighted by molar-refractivity contribution is 7.99. The van der Waals surface area contributed by atoms with Gasteiger partial charge in [-0.15, -0.1) is 10.2 Å². The van der Waals surface area contributed by atoms with Gasteiger partial charge in [0.2, 0.25) is 5.91 Å². The van der Waals surface area contributed by atoms with E-state index in [0.717, 1.165) is 18.7 Å². The number of amides is 1. The minimum Gasteiger partial charge on any atom is -0.459 e. The second kappa shape index (κ2) is 7.14. The van der Waals surface area contributed by atoms with Crippen molar-refractivity contribution in [1.29, 1.82) is 0 Å². The first-order chi connectivity index (χ1) is 12.3. The highest BCUT2D eigenvalue weighted by Gasteiger charge is 2.20. The molecule has 0 unspecified atom stereocenters. The molecule has 0 aromatic carbocycles. The molecule has 3 heterocycles. The third-order valence-electron chi connectivity index (χ3n) is 4.07. The molecule has 1 saturated carbocycles. The van der Waals surface area contributed by atoms with Gasteiger partial charge in [0.05, 0.1) is 24.3 Å². The summed E-state index contributed by atoms with van der Waals surface area (Å²) in [7, 11) is 0. The van der Waals surface area contributed by atoms with Gasteiger partial charge in [0, 0.05) is 6.07 Å². The molecule has 1 aliphatic carbocycles. The van der Waals surface area contributed by atoms with Crippen LogP contribution in [0, 0.1) is 0 Å². The Morgan fingerprint density at radius 2 is 2.20 bits per heavy atom. The van der Waals surface area contributed by atoms with Crippen LogP contribution in [0.2, 0.25) is 0 Å². The van der Waals surface area contributed by atoms with Crippen LogP contribution in [-0.4, -0.2) is 31.6 Å². The average molecular weight is 359 g/mol. The molecule has 0 spiro atoms. The Morgan fingerprint density at radius 1 is 1.32 bits per heavy atom. The largest absolute Gasteiger partial charge is 0.459 e. The van der Waals surface area contributed by atoms with Crippen molar-refractivity contribution in [1.82, 2.24) is 20.0 Å². The fraction of sp³-hybridized carbons (Fsp3) is 0.375. The minimum absolute atomic E-state index is 0.137. The Bertz CT molecular complexity index is 836. The van der Waals surface area contributed by atoms with Gasteiger partial charge in [-0.1, -0.05) is 24.6 Å². The van der Waals surface area contributed by atoms with E-state index in [1.807, 2.05) is 10.7 Å². The number of carbonyl (C=O) groups is 1. The van der Waals surface area contributed by atoms with Gasteiger partial charge in [-0.25, -0.2) is 4.68 Å². The number of aromatic nitrogens is 4. The molecule has 3 aromatic rings. The zero-order valence-electron chi connectivity index (χ0n) is 13.4. The number of furan rings is 1. The lowest BCUT2D eigenvalue weighted by Crippen LogP contribution is -2.19. The molecule has 0 saturated heterocycles. The first-order valence-corrected chi connectivity index (χ1v) is 9.12. The summed E-state index contributed by atoms with van der Waals surface area (Å²) in [6.45, 7) is 0. The minimum atomic E-state index is -0.137. The maximum atomic E-state index is 12.2. The van der Waals surface area contributed by atoms with Crippen LogP contribution in [0.15, 0.2) is 44.7 Å². The Kier molecular flexibility index (Phi) is 4.55. The highest BCUT2D eigenvalue weighted by Crippen LogP contribution is 2.31. The van der Waals surface area contributed by atoms with Gasteiger partial charge in [-0.2, -0.15) is 5.10 Å². The summed E-state index contributed by atoms with van der Waals surface area (Å²) < 4.78 is 12.6. The van der Waals surface area contributed by atoms with Crippen LogP contribution in [0.4, 0.5) is 5.82 Å². The van der Waals surface area contributed by atoms with Crippen LogP contribution >= 0.6 is 11.8 Å². The van der Waals surface area contributed by atoms with Crippen molar-refractivity contribution in [2.45, 2.75) is 36.9 Å². The van der Waals surface area contributed by atoms with E-state index >= 15 is 0 Å². The van der Waals surface area contributed by atoms with E-state index in [9.17, 15) is 4.79 Å². The van der Waals surface area contributed by atoms with Crippen LogP contribution in [-0.2, 0) is 4.79 Å². The summed E-state index contributed by atoms with van der Waals surface area (Å²) in [5.41, 5.74) is 0. The van der Waals surface area contributed by atoms with Gasteiger partial charge in [-0.05, 0) is 25.0 Å². The predicted molar refractivity (Wildman–Crippen MR) is 91.1 cm³/mol. The van der Waals surface area contributed by atoms with Crippen LogP contribution in [0.25, 0.3) is 11.7 Å². The lowest BCUT2D eigenvalue weighted by Gasteiger charge is -2.14. The maximum Gasteiger partial charge on any atom is 0.284 e. The topological polar surface area (TPSA) is 99.0 Å². The number of anilines is 1. The normalized spacial score (nSPS) is 14.9. The lowest BCUT2D eigenvalue weighted by molar-refractivity contribution is -0.113. The van der Waals surface area contributed by atoms with E-state index in [1.165, 1.54) is 30.9 Å². The number of hydrogen-bond acceptors (Lipinski definition) is 7. The lowest BCUT2D eigenvalue weighted by atomic mass is 10.2. The number of carbonyl (C=O) groups excluding carboxylic acids is 1. The van der Waals surface area contributed by atoms with Gasteiger partial charge in [0.25, 0.3) is 11.1 Å². The highest BCUT2D eigenvalue weighted by atomic mass is 32.2. The zero-order valence-corrected chi connectivity index (χ0v) is 14.2. The molecule has 0 atom stereocenters. The molecule has 4 rings (SSSR count). The molecule has 9 heteroatoms. The van der Waals surface area contributed by atoms with Crippen molar-refractivity contribution >= 4 is 23.5 Å². The molecule has 0 aliphatic heterocycles. The smallest absolute Gasteiger partial charge is 0.284 e. The van der Waals surface area contributed by atoms with E-state index in [1.54, 1.807) is 18.3 Å². The summed E-state index contributed by atoms with van der Waals surface area (Å²) in [6.07, 6.45) is 7.89. The Balaban J connectivity index is 1.33. The van der Waals surface area contributed by atoms with Crippen molar-refractivity contribution in [3.05, 3.63) is 30.7 Å². The van der Waals surface area contributed by atoms with Gasteiger partial charge >= 0.3 is 0 Å². The van der Waals surface area contributed by atoms with Gasteiger partial charge < -0.3 is 14.2 Å². The standard InChI is InChI=1S/C16H17N5O3S/c22-14(18-13-7-8-17-21(13)11-4-1-2-5-11)10-25-16-20-19-15(24-16)12-6-3-9-23-12/h3,6-9,11H,1-2,4-5,10H2,(H,18,22). The molecule has 1 fully saturated rings. The zero-order chi connectivity index (χ0) is 17.1. The Labute approximate surface area is 148 Å². The molecule has 8 nitrogen and oxygen atoms in total. The molecule has 0 radical (unpaired) electrons. The molecule has 25 heavy (non-hydrogen) atoms. The first-order valence-electron chi connectivity index (χ1n) is 8.13. The molecule has 3 aromatic heterocycles. The van der Waals surface area contributed by atoms with Crippen LogP contribution in [0.3, 0.4) is 0 Å². The summed E-state index contributed by atoms with van der Waals surface area (Å²) >= 11 is 1.18.